The average molecular weight is 428 g/mol. The first-order valence-electron chi connectivity index (χ1n) is 9.19. The first-order valence-corrected chi connectivity index (χ1v) is 9.57. The van der Waals surface area contributed by atoms with Crippen molar-refractivity contribution < 1.29 is 18.7 Å². The normalized spacial score (nSPS) is 10.2. The summed E-state index contributed by atoms with van der Waals surface area (Å²) in [5.74, 6) is 5.00. The minimum Gasteiger partial charge on any atom is -0.489 e. The molecule has 30 heavy (non-hydrogen) atoms. The topological polar surface area (TPSA) is 76.2 Å². The summed E-state index contributed by atoms with van der Waals surface area (Å²) in [7, 11) is 0. The second kappa shape index (κ2) is 10.4. The number of hydrogen-bond acceptors (Lipinski definition) is 4. The number of amides is 1. The van der Waals surface area contributed by atoms with Gasteiger partial charge in [-0.15, -0.1) is 0 Å². The van der Waals surface area contributed by atoms with Gasteiger partial charge in [-0.3, -0.25) is 4.79 Å². The molecule has 2 aromatic carbocycles. The van der Waals surface area contributed by atoms with Gasteiger partial charge in [0.1, 0.15) is 24.0 Å². The van der Waals surface area contributed by atoms with Crippen molar-refractivity contribution in [2.45, 2.75) is 6.92 Å². The summed E-state index contributed by atoms with van der Waals surface area (Å²) < 4.78 is 24.5. The molecule has 0 bridgehead atoms. The average Bonchev–Trinajstić information content (AvgIpc) is 3.28. The quantitative estimate of drug-likeness (QED) is 0.436. The predicted octanol–water partition coefficient (Wildman–Crippen LogP) is 4.27. The van der Waals surface area contributed by atoms with Crippen molar-refractivity contribution in [3.05, 3.63) is 65.2 Å². The third-order valence-electron chi connectivity index (χ3n) is 3.93. The Morgan fingerprint density at radius 3 is 2.87 bits per heavy atom. The SMILES string of the molecule is CCOCCOc1ccc(-c2ncc[nH]2)cc1NC(=O)C#Cc1ccc(Cl)c(F)c1. The Labute approximate surface area is 178 Å². The van der Waals surface area contributed by atoms with Crippen LogP contribution in [0.25, 0.3) is 11.4 Å². The molecule has 0 aliphatic rings. The smallest absolute Gasteiger partial charge is 0.300 e. The van der Waals surface area contributed by atoms with Crippen LogP contribution in [-0.4, -0.2) is 35.7 Å². The molecule has 1 amide bonds. The summed E-state index contributed by atoms with van der Waals surface area (Å²) in [4.78, 5) is 19.6. The van der Waals surface area contributed by atoms with Gasteiger partial charge in [0, 0.05) is 36.0 Å². The zero-order valence-electron chi connectivity index (χ0n) is 16.2. The number of halogens is 2. The van der Waals surface area contributed by atoms with Gasteiger partial charge >= 0.3 is 5.91 Å². The van der Waals surface area contributed by atoms with Crippen LogP contribution < -0.4 is 10.1 Å². The molecule has 0 aliphatic carbocycles. The van der Waals surface area contributed by atoms with E-state index in [-0.39, 0.29) is 5.02 Å². The van der Waals surface area contributed by atoms with E-state index in [1.807, 2.05) is 13.0 Å². The lowest BCUT2D eigenvalue weighted by atomic mass is 10.1. The van der Waals surface area contributed by atoms with Gasteiger partial charge in [0.25, 0.3) is 0 Å². The largest absolute Gasteiger partial charge is 0.489 e. The third-order valence-corrected chi connectivity index (χ3v) is 4.24. The van der Waals surface area contributed by atoms with Crippen molar-refractivity contribution in [1.29, 1.82) is 0 Å². The van der Waals surface area contributed by atoms with Crippen LogP contribution in [-0.2, 0) is 9.53 Å². The van der Waals surface area contributed by atoms with Crippen LogP contribution in [0.15, 0.2) is 48.8 Å². The number of benzene rings is 2. The van der Waals surface area contributed by atoms with Gasteiger partial charge in [-0.1, -0.05) is 17.5 Å². The van der Waals surface area contributed by atoms with Gasteiger partial charge in [0.15, 0.2) is 0 Å². The molecule has 3 aromatic rings. The van der Waals surface area contributed by atoms with E-state index < -0.39 is 11.7 Å². The predicted molar refractivity (Wildman–Crippen MR) is 113 cm³/mol. The molecule has 0 saturated heterocycles. The minimum absolute atomic E-state index is 0.00594. The van der Waals surface area contributed by atoms with Gasteiger partial charge in [0.2, 0.25) is 0 Å². The number of carbonyl (C=O) groups excluding carboxylic acids is 1. The first kappa shape index (κ1) is 21.4. The molecule has 8 heteroatoms. The molecule has 154 valence electrons. The molecule has 0 aliphatic heterocycles. The molecule has 0 unspecified atom stereocenters. The lowest BCUT2D eigenvalue weighted by Crippen LogP contribution is -2.12. The van der Waals surface area contributed by atoms with E-state index in [9.17, 15) is 9.18 Å². The highest BCUT2D eigenvalue weighted by Crippen LogP contribution is 2.29. The van der Waals surface area contributed by atoms with Gasteiger partial charge in [-0.25, -0.2) is 9.37 Å². The highest BCUT2D eigenvalue weighted by molar-refractivity contribution is 6.30. The molecule has 2 N–H and O–H groups in total. The number of rotatable bonds is 7. The van der Waals surface area contributed by atoms with E-state index in [1.54, 1.807) is 24.5 Å². The van der Waals surface area contributed by atoms with Crippen LogP contribution in [0, 0.1) is 17.7 Å². The Morgan fingerprint density at radius 1 is 1.27 bits per heavy atom. The molecule has 1 heterocycles. The Kier molecular flexibility index (Phi) is 7.44. The van der Waals surface area contributed by atoms with Crippen molar-refractivity contribution in [3.63, 3.8) is 0 Å². The van der Waals surface area contributed by atoms with Crippen molar-refractivity contribution in [2.75, 3.05) is 25.1 Å². The maximum Gasteiger partial charge on any atom is 0.300 e. The molecule has 0 radical (unpaired) electrons. The number of carbonyl (C=O) groups is 1. The number of H-pyrrole nitrogens is 1. The van der Waals surface area contributed by atoms with Gasteiger partial charge in [-0.05, 0) is 43.3 Å². The Bertz CT molecular complexity index is 1070. The van der Waals surface area contributed by atoms with E-state index in [0.29, 0.717) is 42.6 Å². The molecular formula is C22H19ClFN3O3. The Balaban J connectivity index is 1.79. The number of aromatic nitrogens is 2. The Morgan fingerprint density at radius 2 is 2.13 bits per heavy atom. The first-order chi connectivity index (χ1) is 14.6. The fraction of sp³-hybridized carbons (Fsp3) is 0.182. The van der Waals surface area contributed by atoms with E-state index in [4.69, 9.17) is 21.1 Å². The van der Waals surface area contributed by atoms with E-state index in [2.05, 4.69) is 27.1 Å². The number of anilines is 1. The minimum atomic E-state index is -0.597. The maximum atomic E-state index is 13.5. The molecular weight excluding hydrogens is 409 g/mol. The van der Waals surface area contributed by atoms with Crippen molar-refractivity contribution in [1.82, 2.24) is 9.97 Å². The van der Waals surface area contributed by atoms with Crippen molar-refractivity contribution in [2.24, 2.45) is 0 Å². The Hall–Kier alpha value is -3.34. The van der Waals surface area contributed by atoms with Crippen LogP contribution >= 0.6 is 11.6 Å². The number of nitrogens with zero attached hydrogens (tertiary/aromatic N) is 1. The maximum absolute atomic E-state index is 13.5. The van der Waals surface area contributed by atoms with E-state index >= 15 is 0 Å². The van der Waals surface area contributed by atoms with Gasteiger partial charge in [0.05, 0.1) is 17.3 Å². The van der Waals surface area contributed by atoms with Crippen molar-refractivity contribution >= 4 is 23.2 Å². The molecule has 0 saturated carbocycles. The molecule has 3 rings (SSSR count). The lowest BCUT2D eigenvalue weighted by Gasteiger charge is -2.12. The van der Waals surface area contributed by atoms with Crippen LogP contribution in [0.5, 0.6) is 5.75 Å². The van der Waals surface area contributed by atoms with Gasteiger partial charge < -0.3 is 19.8 Å². The number of hydrogen-bond donors (Lipinski definition) is 2. The summed E-state index contributed by atoms with van der Waals surface area (Å²) in [6.45, 7) is 3.23. The van der Waals surface area contributed by atoms with Gasteiger partial charge in [-0.2, -0.15) is 0 Å². The number of imidazole rings is 1. The number of nitrogens with one attached hydrogen (secondary N) is 2. The summed E-state index contributed by atoms with van der Waals surface area (Å²) in [6.07, 6.45) is 3.34. The molecule has 6 nitrogen and oxygen atoms in total. The van der Waals surface area contributed by atoms with Crippen LogP contribution in [0.3, 0.4) is 0 Å². The summed E-state index contributed by atoms with van der Waals surface area (Å²) in [6, 6.07) is 9.38. The fourth-order valence-corrected chi connectivity index (χ4v) is 2.65. The zero-order chi connectivity index (χ0) is 21.3. The highest BCUT2D eigenvalue weighted by Gasteiger charge is 2.10. The van der Waals surface area contributed by atoms with E-state index in [0.717, 1.165) is 5.56 Å². The standard InChI is InChI=1S/C22H19ClFN3O3/c1-2-29-11-12-30-20-7-5-16(22-25-9-10-26-22)14-19(20)27-21(28)8-4-15-3-6-17(23)18(24)13-15/h3,5-7,9-10,13-14H,2,11-12H2,1H3,(H,25,26)(H,27,28). The monoisotopic (exact) mass is 427 g/mol. The third kappa shape index (κ3) is 5.83. The second-order valence-corrected chi connectivity index (χ2v) is 6.43. The molecule has 0 fully saturated rings. The number of aromatic amines is 1. The molecule has 0 spiro atoms. The summed E-state index contributed by atoms with van der Waals surface area (Å²) >= 11 is 5.65. The van der Waals surface area contributed by atoms with Crippen molar-refractivity contribution in [3.8, 4) is 29.0 Å². The van der Waals surface area contributed by atoms with E-state index in [1.165, 1.54) is 18.2 Å². The highest BCUT2D eigenvalue weighted by atomic mass is 35.5. The number of ether oxygens (including phenoxy) is 2. The zero-order valence-corrected chi connectivity index (χ0v) is 16.9. The summed E-state index contributed by atoms with van der Waals surface area (Å²) in [5.41, 5.74) is 1.53. The second-order valence-electron chi connectivity index (χ2n) is 6.03. The fourth-order valence-electron chi connectivity index (χ4n) is 2.54. The lowest BCUT2D eigenvalue weighted by molar-refractivity contribution is -0.111. The van der Waals surface area contributed by atoms with Crippen LogP contribution in [0.4, 0.5) is 10.1 Å². The molecule has 1 aromatic heterocycles. The molecule has 0 atom stereocenters. The van der Waals surface area contributed by atoms with Crippen LogP contribution in [0.1, 0.15) is 12.5 Å². The summed E-state index contributed by atoms with van der Waals surface area (Å²) in [5, 5.41) is 2.70. The van der Waals surface area contributed by atoms with Crippen LogP contribution in [0.2, 0.25) is 5.02 Å².